The fourth-order valence-corrected chi connectivity index (χ4v) is 1.18. The standard InChI is InChI=1S/C12H15NO/c1-3-11(4-2)13-9-10-5-7-12(14)8-6-10/h1,5-8,11,13-14H,4,9H2,2H3. The molecule has 2 heteroatoms. The molecule has 2 N–H and O–H groups in total. The van der Waals surface area contributed by atoms with Crippen LogP contribution in [0.2, 0.25) is 0 Å². The van der Waals surface area contributed by atoms with Crippen molar-refractivity contribution in [2.24, 2.45) is 0 Å². The fraction of sp³-hybridized carbons (Fsp3) is 0.333. The first-order chi connectivity index (χ1) is 6.76. The summed E-state index contributed by atoms with van der Waals surface area (Å²) in [6.45, 7) is 2.79. The van der Waals surface area contributed by atoms with Crippen LogP contribution < -0.4 is 5.32 Å². The number of nitrogens with one attached hydrogen (secondary N) is 1. The highest BCUT2D eigenvalue weighted by Gasteiger charge is 2.00. The van der Waals surface area contributed by atoms with Crippen LogP contribution in [0.1, 0.15) is 18.9 Å². The number of aromatic hydroxyl groups is 1. The quantitative estimate of drug-likeness (QED) is 0.709. The summed E-state index contributed by atoms with van der Waals surface area (Å²) in [5.41, 5.74) is 1.12. The number of benzene rings is 1. The van der Waals surface area contributed by atoms with Gasteiger partial charge in [0.15, 0.2) is 0 Å². The molecule has 1 aromatic carbocycles. The number of hydrogen-bond donors (Lipinski definition) is 2. The molecule has 0 amide bonds. The van der Waals surface area contributed by atoms with Gasteiger partial charge in [-0.05, 0) is 24.1 Å². The van der Waals surface area contributed by atoms with Crippen LogP contribution in [0, 0.1) is 12.3 Å². The van der Waals surface area contributed by atoms with Gasteiger partial charge in [0.05, 0.1) is 6.04 Å². The Labute approximate surface area is 85.0 Å². The zero-order chi connectivity index (χ0) is 10.4. The summed E-state index contributed by atoms with van der Waals surface area (Å²) in [6.07, 6.45) is 6.24. The molecule has 0 saturated carbocycles. The Hall–Kier alpha value is -1.46. The summed E-state index contributed by atoms with van der Waals surface area (Å²) >= 11 is 0. The zero-order valence-electron chi connectivity index (χ0n) is 8.33. The first-order valence-corrected chi connectivity index (χ1v) is 4.73. The highest BCUT2D eigenvalue weighted by atomic mass is 16.3. The van der Waals surface area contributed by atoms with Crippen molar-refractivity contribution in [1.82, 2.24) is 5.32 Å². The number of terminal acetylenes is 1. The van der Waals surface area contributed by atoms with Crippen molar-refractivity contribution in [1.29, 1.82) is 0 Å². The summed E-state index contributed by atoms with van der Waals surface area (Å²) < 4.78 is 0. The molecule has 0 aliphatic carbocycles. The van der Waals surface area contributed by atoms with Crippen molar-refractivity contribution in [3.05, 3.63) is 29.8 Å². The summed E-state index contributed by atoms with van der Waals surface area (Å²) in [5, 5.41) is 12.3. The average Bonchev–Trinajstić information content (AvgIpc) is 2.22. The molecule has 0 saturated heterocycles. The normalized spacial score (nSPS) is 12.0. The number of phenols is 1. The molecular weight excluding hydrogens is 174 g/mol. The predicted octanol–water partition coefficient (Wildman–Crippen LogP) is 1.89. The Bertz CT molecular complexity index is 310. The second kappa shape index (κ2) is 5.31. The Kier molecular flexibility index (Phi) is 4.03. The van der Waals surface area contributed by atoms with Crippen LogP contribution in [0.15, 0.2) is 24.3 Å². The number of phenolic OH excluding ortho intramolecular Hbond substituents is 1. The minimum Gasteiger partial charge on any atom is -0.508 e. The van der Waals surface area contributed by atoms with E-state index in [4.69, 9.17) is 11.5 Å². The highest BCUT2D eigenvalue weighted by Crippen LogP contribution is 2.09. The molecule has 1 atom stereocenters. The van der Waals surface area contributed by atoms with E-state index in [1.807, 2.05) is 19.1 Å². The fourth-order valence-electron chi connectivity index (χ4n) is 1.18. The van der Waals surface area contributed by atoms with Crippen LogP contribution in [0.3, 0.4) is 0 Å². The van der Waals surface area contributed by atoms with Gasteiger partial charge < -0.3 is 5.11 Å². The van der Waals surface area contributed by atoms with Gasteiger partial charge in [0.25, 0.3) is 0 Å². The molecule has 0 bridgehead atoms. The minimum atomic E-state index is 0.129. The lowest BCUT2D eigenvalue weighted by molar-refractivity contribution is 0.475. The number of hydrogen-bond acceptors (Lipinski definition) is 2. The third-order valence-corrected chi connectivity index (χ3v) is 2.10. The summed E-state index contributed by atoms with van der Waals surface area (Å²) in [5.74, 6) is 2.96. The van der Waals surface area contributed by atoms with Gasteiger partial charge in [-0.15, -0.1) is 6.42 Å². The van der Waals surface area contributed by atoms with E-state index < -0.39 is 0 Å². The SMILES string of the molecule is C#CC(CC)NCc1ccc(O)cc1. The van der Waals surface area contributed by atoms with Crippen molar-refractivity contribution in [3.63, 3.8) is 0 Å². The van der Waals surface area contributed by atoms with Gasteiger partial charge in [-0.1, -0.05) is 25.0 Å². The van der Waals surface area contributed by atoms with E-state index in [0.717, 1.165) is 18.5 Å². The molecule has 2 nitrogen and oxygen atoms in total. The molecule has 1 rings (SSSR count). The van der Waals surface area contributed by atoms with Crippen molar-refractivity contribution >= 4 is 0 Å². The Morgan fingerprint density at radius 1 is 1.43 bits per heavy atom. The first kappa shape index (κ1) is 10.6. The Balaban J connectivity index is 2.46. The summed E-state index contributed by atoms with van der Waals surface area (Å²) in [4.78, 5) is 0. The zero-order valence-corrected chi connectivity index (χ0v) is 8.33. The third kappa shape index (κ3) is 3.12. The molecule has 14 heavy (non-hydrogen) atoms. The molecule has 0 aliphatic heterocycles. The van der Waals surface area contributed by atoms with Crippen LogP contribution in [0.4, 0.5) is 0 Å². The van der Waals surface area contributed by atoms with Crippen molar-refractivity contribution < 1.29 is 5.11 Å². The van der Waals surface area contributed by atoms with Gasteiger partial charge in [0.2, 0.25) is 0 Å². The summed E-state index contributed by atoms with van der Waals surface area (Å²) in [7, 11) is 0. The highest BCUT2D eigenvalue weighted by molar-refractivity contribution is 5.25. The molecule has 0 fully saturated rings. The molecule has 0 spiro atoms. The van der Waals surface area contributed by atoms with E-state index >= 15 is 0 Å². The van der Waals surface area contributed by atoms with E-state index in [1.54, 1.807) is 12.1 Å². The predicted molar refractivity (Wildman–Crippen MR) is 57.9 cm³/mol. The van der Waals surface area contributed by atoms with Crippen LogP contribution in [-0.2, 0) is 6.54 Å². The third-order valence-electron chi connectivity index (χ3n) is 2.10. The molecule has 0 aromatic heterocycles. The Morgan fingerprint density at radius 3 is 2.57 bits per heavy atom. The van der Waals surface area contributed by atoms with Gasteiger partial charge >= 0.3 is 0 Å². The minimum absolute atomic E-state index is 0.129. The second-order valence-corrected chi connectivity index (χ2v) is 3.17. The molecule has 0 aliphatic rings. The lowest BCUT2D eigenvalue weighted by Gasteiger charge is -2.10. The van der Waals surface area contributed by atoms with Gasteiger partial charge in [-0.3, -0.25) is 5.32 Å². The van der Waals surface area contributed by atoms with Crippen molar-refractivity contribution in [2.75, 3.05) is 0 Å². The lowest BCUT2D eigenvalue weighted by Crippen LogP contribution is -2.25. The molecule has 0 heterocycles. The molecule has 0 radical (unpaired) electrons. The lowest BCUT2D eigenvalue weighted by atomic mass is 10.2. The van der Waals surface area contributed by atoms with Crippen LogP contribution in [0.5, 0.6) is 5.75 Å². The van der Waals surface area contributed by atoms with Gasteiger partial charge in [0.1, 0.15) is 5.75 Å². The van der Waals surface area contributed by atoms with Crippen LogP contribution >= 0.6 is 0 Å². The van der Waals surface area contributed by atoms with Crippen molar-refractivity contribution in [2.45, 2.75) is 25.9 Å². The smallest absolute Gasteiger partial charge is 0.115 e. The second-order valence-electron chi connectivity index (χ2n) is 3.17. The molecule has 74 valence electrons. The monoisotopic (exact) mass is 189 g/mol. The molecule has 1 unspecified atom stereocenters. The van der Waals surface area contributed by atoms with Crippen molar-refractivity contribution in [3.8, 4) is 18.1 Å². The van der Waals surface area contributed by atoms with E-state index in [1.165, 1.54) is 0 Å². The topological polar surface area (TPSA) is 32.3 Å². The van der Waals surface area contributed by atoms with Crippen LogP contribution in [-0.4, -0.2) is 11.1 Å². The largest absolute Gasteiger partial charge is 0.508 e. The van der Waals surface area contributed by atoms with Crippen LogP contribution in [0.25, 0.3) is 0 Å². The van der Waals surface area contributed by atoms with E-state index in [0.29, 0.717) is 0 Å². The maximum atomic E-state index is 9.07. The van der Waals surface area contributed by atoms with Gasteiger partial charge in [0, 0.05) is 6.54 Å². The number of rotatable bonds is 4. The maximum absolute atomic E-state index is 9.07. The molecular formula is C12H15NO. The summed E-state index contributed by atoms with van der Waals surface area (Å²) in [6, 6.07) is 7.24. The average molecular weight is 189 g/mol. The van der Waals surface area contributed by atoms with E-state index in [9.17, 15) is 0 Å². The molecule has 1 aromatic rings. The van der Waals surface area contributed by atoms with E-state index in [-0.39, 0.29) is 11.8 Å². The Morgan fingerprint density at radius 2 is 2.07 bits per heavy atom. The van der Waals surface area contributed by atoms with E-state index in [2.05, 4.69) is 11.2 Å². The first-order valence-electron chi connectivity index (χ1n) is 4.73. The van der Waals surface area contributed by atoms with Gasteiger partial charge in [-0.2, -0.15) is 0 Å². The maximum Gasteiger partial charge on any atom is 0.115 e. The van der Waals surface area contributed by atoms with Gasteiger partial charge in [-0.25, -0.2) is 0 Å².